The molecule has 3 heteroatoms. The number of fused-ring (bicyclic) bond motifs is 1. The summed E-state index contributed by atoms with van der Waals surface area (Å²) in [5.74, 6) is 0.997. The van der Waals surface area contributed by atoms with Crippen molar-refractivity contribution in [3.05, 3.63) is 35.6 Å². The van der Waals surface area contributed by atoms with Gasteiger partial charge >= 0.3 is 0 Å². The molecule has 19 heavy (non-hydrogen) atoms. The third-order valence-corrected chi connectivity index (χ3v) is 3.18. The number of hydrogen-bond acceptors (Lipinski definition) is 3. The molecule has 0 saturated heterocycles. The normalized spacial score (nSPS) is 13.3. The van der Waals surface area contributed by atoms with Crippen LogP contribution in [0.1, 0.15) is 32.1 Å². The van der Waals surface area contributed by atoms with E-state index in [0.29, 0.717) is 12.1 Å². The van der Waals surface area contributed by atoms with Crippen LogP contribution in [0.5, 0.6) is 0 Å². The molecule has 2 N–H and O–H groups in total. The SMILES string of the molecule is Cc1ccc2oc(CNC(C)CNC(C)C)cc2c1. The molecule has 1 aromatic heterocycles. The Morgan fingerprint density at radius 2 is 1.89 bits per heavy atom. The number of nitrogens with one attached hydrogen (secondary N) is 2. The van der Waals surface area contributed by atoms with Crippen molar-refractivity contribution in [1.29, 1.82) is 0 Å². The van der Waals surface area contributed by atoms with Gasteiger partial charge in [0, 0.05) is 24.0 Å². The van der Waals surface area contributed by atoms with Crippen LogP contribution in [0.25, 0.3) is 11.0 Å². The molecule has 1 aromatic carbocycles. The van der Waals surface area contributed by atoms with Gasteiger partial charge in [0.15, 0.2) is 0 Å². The Labute approximate surface area is 115 Å². The van der Waals surface area contributed by atoms with Crippen LogP contribution in [-0.2, 0) is 6.54 Å². The Morgan fingerprint density at radius 3 is 2.63 bits per heavy atom. The summed E-state index contributed by atoms with van der Waals surface area (Å²) in [6, 6.07) is 9.36. The highest BCUT2D eigenvalue weighted by molar-refractivity contribution is 5.78. The fourth-order valence-electron chi connectivity index (χ4n) is 2.06. The maximum Gasteiger partial charge on any atom is 0.134 e. The molecule has 0 amide bonds. The molecule has 1 heterocycles. The van der Waals surface area contributed by atoms with Gasteiger partial charge < -0.3 is 15.1 Å². The van der Waals surface area contributed by atoms with E-state index in [9.17, 15) is 0 Å². The number of hydrogen-bond donors (Lipinski definition) is 2. The maximum atomic E-state index is 5.82. The zero-order chi connectivity index (χ0) is 13.8. The Kier molecular flexibility index (Phi) is 4.61. The molecule has 0 saturated carbocycles. The Bertz CT molecular complexity index is 531. The smallest absolute Gasteiger partial charge is 0.134 e. The highest BCUT2D eigenvalue weighted by atomic mass is 16.3. The van der Waals surface area contributed by atoms with E-state index in [2.05, 4.69) is 56.5 Å². The van der Waals surface area contributed by atoms with Crippen molar-refractivity contribution in [3.8, 4) is 0 Å². The van der Waals surface area contributed by atoms with E-state index in [1.54, 1.807) is 0 Å². The predicted octanol–water partition coefficient (Wildman–Crippen LogP) is 3.22. The molecule has 2 rings (SSSR count). The van der Waals surface area contributed by atoms with E-state index in [4.69, 9.17) is 4.42 Å². The monoisotopic (exact) mass is 260 g/mol. The number of aryl methyl sites for hydroxylation is 1. The van der Waals surface area contributed by atoms with Gasteiger partial charge in [-0.3, -0.25) is 0 Å². The third kappa shape index (κ3) is 4.08. The van der Waals surface area contributed by atoms with E-state index in [1.807, 2.05) is 6.07 Å². The number of benzene rings is 1. The van der Waals surface area contributed by atoms with Crippen molar-refractivity contribution in [3.63, 3.8) is 0 Å². The van der Waals surface area contributed by atoms with Crippen LogP contribution < -0.4 is 10.6 Å². The van der Waals surface area contributed by atoms with E-state index in [1.165, 1.54) is 10.9 Å². The second kappa shape index (κ2) is 6.22. The van der Waals surface area contributed by atoms with Crippen molar-refractivity contribution in [2.75, 3.05) is 6.54 Å². The van der Waals surface area contributed by atoms with Crippen molar-refractivity contribution in [2.24, 2.45) is 0 Å². The summed E-state index contributed by atoms with van der Waals surface area (Å²) in [4.78, 5) is 0. The molecule has 0 spiro atoms. The second-order valence-corrected chi connectivity index (χ2v) is 5.60. The van der Waals surface area contributed by atoms with Crippen LogP contribution in [0.3, 0.4) is 0 Å². The molecule has 104 valence electrons. The summed E-state index contributed by atoms with van der Waals surface area (Å²) in [5, 5.41) is 8.08. The van der Waals surface area contributed by atoms with Gasteiger partial charge in [0.25, 0.3) is 0 Å². The molecular weight excluding hydrogens is 236 g/mol. The number of rotatable bonds is 6. The molecule has 0 radical (unpaired) electrons. The van der Waals surface area contributed by atoms with Crippen LogP contribution in [0.4, 0.5) is 0 Å². The second-order valence-electron chi connectivity index (χ2n) is 5.60. The van der Waals surface area contributed by atoms with Crippen LogP contribution in [0.2, 0.25) is 0 Å². The van der Waals surface area contributed by atoms with Crippen LogP contribution in [0.15, 0.2) is 28.7 Å². The van der Waals surface area contributed by atoms with E-state index in [-0.39, 0.29) is 0 Å². The Morgan fingerprint density at radius 1 is 1.11 bits per heavy atom. The molecular formula is C16H24N2O. The van der Waals surface area contributed by atoms with E-state index < -0.39 is 0 Å². The van der Waals surface area contributed by atoms with Gasteiger partial charge in [-0.15, -0.1) is 0 Å². The topological polar surface area (TPSA) is 37.2 Å². The molecule has 3 nitrogen and oxygen atoms in total. The number of furan rings is 1. The van der Waals surface area contributed by atoms with Gasteiger partial charge in [-0.2, -0.15) is 0 Å². The van der Waals surface area contributed by atoms with Gasteiger partial charge in [0.05, 0.1) is 6.54 Å². The summed E-state index contributed by atoms with van der Waals surface area (Å²) in [6.07, 6.45) is 0. The van der Waals surface area contributed by atoms with Gasteiger partial charge in [-0.1, -0.05) is 25.5 Å². The van der Waals surface area contributed by atoms with Crippen LogP contribution in [-0.4, -0.2) is 18.6 Å². The van der Waals surface area contributed by atoms with E-state index >= 15 is 0 Å². The molecule has 0 aliphatic heterocycles. The first-order valence-electron chi connectivity index (χ1n) is 7.00. The lowest BCUT2D eigenvalue weighted by molar-refractivity contribution is 0.442. The van der Waals surface area contributed by atoms with Crippen LogP contribution in [0, 0.1) is 6.92 Å². The fraction of sp³-hybridized carbons (Fsp3) is 0.500. The first-order valence-corrected chi connectivity index (χ1v) is 7.00. The zero-order valence-corrected chi connectivity index (χ0v) is 12.3. The summed E-state index contributed by atoms with van der Waals surface area (Å²) < 4.78 is 5.82. The summed E-state index contributed by atoms with van der Waals surface area (Å²) in [7, 11) is 0. The van der Waals surface area contributed by atoms with Crippen molar-refractivity contribution >= 4 is 11.0 Å². The Hall–Kier alpha value is -1.32. The average Bonchev–Trinajstić information content (AvgIpc) is 2.75. The van der Waals surface area contributed by atoms with Gasteiger partial charge in [0.1, 0.15) is 11.3 Å². The van der Waals surface area contributed by atoms with Gasteiger partial charge in [-0.05, 0) is 32.0 Å². The fourth-order valence-corrected chi connectivity index (χ4v) is 2.06. The minimum absolute atomic E-state index is 0.428. The Balaban J connectivity index is 1.90. The quantitative estimate of drug-likeness (QED) is 0.837. The van der Waals surface area contributed by atoms with Gasteiger partial charge in [-0.25, -0.2) is 0 Å². The average molecular weight is 260 g/mol. The minimum Gasteiger partial charge on any atom is -0.460 e. The van der Waals surface area contributed by atoms with E-state index in [0.717, 1.165) is 24.4 Å². The molecule has 0 fully saturated rings. The maximum absolute atomic E-state index is 5.82. The van der Waals surface area contributed by atoms with Crippen molar-refractivity contribution in [1.82, 2.24) is 10.6 Å². The summed E-state index contributed by atoms with van der Waals surface area (Å²) >= 11 is 0. The molecule has 1 atom stereocenters. The molecule has 0 aliphatic carbocycles. The highest BCUT2D eigenvalue weighted by Crippen LogP contribution is 2.20. The zero-order valence-electron chi connectivity index (χ0n) is 12.3. The third-order valence-electron chi connectivity index (χ3n) is 3.18. The molecule has 1 unspecified atom stereocenters. The molecule has 2 aromatic rings. The first-order chi connectivity index (χ1) is 9.04. The minimum atomic E-state index is 0.428. The largest absolute Gasteiger partial charge is 0.460 e. The summed E-state index contributed by atoms with van der Waals surface area (Å²) in [5.41, 5.74) is 2.23. The standard InChI is InChI=1S/C16H24N2O/c1-11(2)17-9-13(4)18-10-15-8-14-7-12(3)5-6-16(14)19-15/h5-8,11,13,17-18H,9-10H2,1-4H3. The van der Waals surface area contributed by atoms with Crippen molar-refractivity contribution < 1.29 is 4.42 Å². The predicted molar refractivity (Wildman–Crippen MR) is 80.4 cm³/mol. The lowest BCUT2D eigenvalue weighted by atomic mass is 10.2. The molecule has 0 bridgehead atoms. The van der Waals surface area contributed by atoms with Gasteiger partial charge in [0.2, 0.25) is 0 Å². The lowest BCUT2D eigenvalue weighted by Crippen LogP contribution is -2.38. The van der Waals surface area contributed by atoms with Crippen LogP contribution >= 0.6 is 0 Å². The van der Waals surface area contributed by atoms with Crippen molar-refractivity contribution in [2.45, 2.75) is 46.3 Å². The molecule has 0 aliphatic rings. The summed E-state index contributed by atoms with van der Waals surface area (Å²) in [6.45, 7) is 10.3. The first kappa shape index (κ1) is 14.1. The highest BCUT2D eigenvalue weighted by Gasteiger charge is 2.06. The lowest BCUT2D eigenvalue weighted by Gasteiger charge is -2.15.